The zero-order valence-electron chi connectivity index (χ0n) is 21.9. The Hall–Kier alpha value is -4.70. The minimum Gasteiger partial charge on any atom is -0.378 e. The summed E-state index contributed by atoms with van der Waals surface area (Å²) in [5.74, 6) is 0.238. The number of carbonyl (C=O) groups is 2. The maximum absolute atomic E-state index is 13.2. The summed E-state index contributed by atoms with van der Waals surface area (Å²) < 4.78 is 7.08. The number of morpholine rings is 1. The lowest BCUT2D eigenvalue weighted by Crippen LogP contribution is -2.36. The topological polar surface area (TPSA) is 117 Å². The molecule has 1 aliphatic heterocycles. The van der Waals surface area contributed by atoms with Crippen LogP contribution in [0.3, 0.4) is 0 Å². The molecular formula is C30H29N7O3. The predicted octanol–water partition coefficient (Wildman–Crippen LogP) is 3.99. The van der Waals surface area contributed by atoms with Gasteiger partial charge in [0.05, 0.1) is 18.8 Å². The summed E-state index contributed by atoms with van der Waals surface area (Å²) in [4.78, 5) is 35.2. The first-order valence-electron chi connectivity index (χ1n) is 13.6. The molecular weight excluding hydrogens is 506 g/mol. The number of nitrogens with one attached hydrogen (secondary N) is 3. The molecule has 3 aromatic heterocycles. The summed E-state index contributed by atoms with van der Waals surface area (Å²) in [6.07, 6.45) is 5.42. The molecule has 202 valence electrons. The molecule has 10 nitrogen and oxygen atoms in total. The van der Waals surface area contributed by atoms with Crippen LogP contribution >= 0.6 is 0 Å². The van der Waals surface area contributed by atoms with Gasteiger partial charge in [-0.15, -0.1) is 5.10 Å². The van der Waals surface area contributed by atoms with Crippen molar-refractivity contribution in [2.75, 3.05) is 36.5 Å². The first-order valence-corrected chi connectivity index (χ1v) is 13.6. The third-order valence-electron chi connectivity index (χ3n) is 7.55. The molecule has 1 aliphatic carbocycles. The number of aromatic amines is 1. The number of hydrogen-bond donors (Lipinski definition) is 3. The summed E-state index contributed by atoms with van der Waals surface area (Å²) in [7, 11) is 0. The summed E-state index contributed by atoms with van der Waals surface area (Å²) in [5.41, 5.74) is 6.22. The highest BCUT2D eigenvalue weighted by molar-refractivity contribution is 6.07. The molecule has 7 rings (SSSR count). The predicted molar refractivity (Wildman–Crippen MR) is 152 cm³/mol. The Morgan fingerprint density at radius 2 is 1.80 bits per heavy atom. The number of H-pyrrole nitrogens is 1. The molecule has 2 amide bonds. The Kier molecular flexibility index (Phi) is 6.16. The maximum Gasteiger partial charge on any atom is 0.253 e. The Morgan fingerprint density at radius 3 is 2.60 bits per heavy atom. The van der Waals surface area contributed by atoms with Crippen molar-refractivity contribution in [2.24, 2.45) is 5.92 Å². The molecule has 1 saturated heterocycles. The fourth-order valence-electron chi connectivity index (χ4n) is 5.08. The number of carbonyl (C=O) groups excluding carboxylic acids is 2. The molecule has 4 heterocycles. The third-order valence-corrected chi connectivity index (χ3v) is 7.55. The minimum absolute atomic E-state index is 0.0233. The highest BCUT2D eigenvalue weighted by Crippen LogP contribution is 2.30. The van der Waals surface area contributed by atoms with Crippen LogP contribution in [0.5, 0.6) is 0 Å². The first kappa shape index (κ1) is 24.3. The van der Waals surface area contributed by atoms with Gasteiger partial charge in [-0.25, -0.2) is 4.52 Å². The van der Waals surface area contributed by atoms with Gasteiger partial charge in [-0.3, -0.25) is 14.9 Å². The molecule has 0 bridgehead atoms. The summed E-state index contributed by atoms with van der Waals surface area (Å²) in [5, 5.41) is 11.1. The van der Waals surface area contributed by atoms with Crippen LogP contribution in [0.1, 0.15) is 28.8 Å². The molecule has 10 heteroatoms. The van der Waals surface area contributed by atoms with Crippen LogP contribution in [0.25, 0.3) is 27.7 Å². The SMILES string of the molecule is O=C(NCc1ccc(N2CCOCC2)cc1)c1c[nH]c2ccc(-c3ccn4nc(NC(=O)C5CC5)nc4c3)cc12. The van der Waals surface area contributed by atoms with Crippen LogP contribution in [0.15, 0.2) is 67.0 Å². The van der Waals surface area contributed by atoms with Crippen LogP contribution in [-0.4, -0.2) is 57.7 Å². The Balaban J connectivity index is 1.06. The molecule has 0 spiro atoms. The largest absolute Gasteiger partial charge is 0.378 e. The Morgan fingerprint density at radius 1 is 1.00 bits per heavy atom. The number of nitrogens with zero attached hydrogens (tertiary/aromatic N) is 4. The summed E-state index contributed by atoms with van der Waals surface area (Å²) >= 11 is 0. The highest BCUT2D eigenvalue weighted by atomic mass is 16.5. The first-order chi connectivity index (χ1) is 19.6. The smallest absolute Gasteiger partial charge is 0.253 e. The molecule has 0 atom stereocenters. The molecule has 2 aromatic carbocycles. The van der Waals surface area contributed by atoms with Gasteiger partial charge < -0.3 is 19.9 Å². The van der Waals surface area contributed by atoms with Gasteiger partial charge in [-0.1, -0.05) is 18.2 Å². The standard InChI is InChI=1S/C30H29N7O3/c38-28(20-3-4-20)34-30-33-27-16-22(9-10-37(27)35-30)21-5-8-26-24(15-21)25(18-31-26)29(39)32-17-19-1-6-23(7-2-19)36-11-13-40-14-12-36/h1-2,5-10,15-16,18,20,31H,3-4,11-14,17H2,(H,32,39)(H,34,35,38). The molecule has 2 aliphatic rings. The normalized spacial score (nSPS) is 15.4. The van der Waals surface area contributed by atoms with Gasteiger partial charge in [0.2, 0.25) is 11.9 Å². The van der Waals surface area contributed by atoms with Crippen LogP contribution in [0, 0.1) is 5.92 Å². The van der Waals surface area contributed by atoms with E-state index >= 15 is 0 Å². The van der Waals surface area contributed by atoms with E-state index in [0.29, 0.717) is 23.7 Å². The number of rotatable bonds is 7. The van der Waals surface area contributed by atoms with Crippen molar-refractivity contribution < 1.29 is 14.3 Å². The van der Waals surface area contributed by atoms with Crippen molar-refractivity contribution in [3.8, 4) is 11.1 Å². The monoisotopic (exact) mass is 535 g/mol. The number of anilines is 2. The molecule has 3 N–H and O–H groups in total. The number of fused-ring (bicyclic) bond motifs is 2. The van der Waals surface area contributed by atoms with E-state index in [1.165, 1.54) is 5.69 Å². The molecule has 2 fully saturated rings. The van der Waals surface area contributed by atoms with Crippen LogP contribution in [0.4, 0.5) is 11.6 Å². The number of aromatic nitrogens is 4. The van der Waals surface area contributed by atoms with E-state index < -0.39 is 0 Å². The number of benzene rings is 2. The van der Waals surface area contributed by atoms with Gasteiger partial charge in [-0.2, -0.15) is 4.98 Å². The van der Waals surface area contributed by atoms with E-state index in [1.54, 1.807) is 10.7 Å². The van der Waals surface area contributed by atoms with Gasteiger partial charge >= 0.3 is 0 Å². The van der Waals surface area contributed by atoms with E-state index in [4.69, 9.17) is 4.74 Å². The van der Waals surface area contributed by atoms with Crippen molar-refractivity contribution in [2.45, 2.75) is 19.4 Å². The summed E-state index contributed by atoms with van der Waals surface area (Å²) in [6, 6.07) is 18.2. The van der Waals surface area contributed by atoms with E-state index in [0.717, 1.165) is 66.7 Å². The van der Waals surface area contributed by atoms with E-state index in [2.05, 4.69) is 54.9 Å². The van der Waals surface area contributed by atoms with Crippen molar-refractivity contribution in [1.29, 1.82) is 0 Å². The van der Waals surface area contributed by atoms with Crippen molar-refractivity contribution in [1.82, 2.24) is 24.9 Å². The number of ether oxygens (including phenoxy) is 1. The molecule has 0 radical (unpaired) electrons. The lowest BCUT2D eigenvalue weighted by molar-refractivity contribution is -0.117. The van der Waals surface area contributed by atoms with Crippen LogP contribution in [0.2, 0.25) is 0 Å². The van der Waals surface area contributed by atoms with E-state index in [1.807, 2.05) is 36.5 Å². The summed E-state index contributed by atoms with van der Waals surface area (Å²) in [6.45, 7) is 3.73. The lowest BCUT2D eigenvalue weighted by Gasteiger charge is -2.28. The zero-order valence-corrected chi connectivity index (χ0v) is 21.9. The lowest BCUT2D eigenvalue weighted by atomic mass is 10.0. The van der Waals surface area contributed by atoms with E-state index in [-0.39, 0.29) is 17.7 Å². The van der Waals surface area contributed by atoms with E-state index in [9.17, 15) is 9.59 Å². The van der Waals surface area contributed by atoms with Gasteiger partial charge in [-0.05, 0) is 65.9 Å². The molecule has 5 aromatic rings. The maximum atomic E-state index is 13.2. The highest BCUT2D eigenvalue weighted by Gasteiger charge is 2.30. The minimum atomic E-state index is -0.135. The zero-order chi connectivity index (χ0) is 27.1. The molecule has 0 unspecified atom stereocenters. The fourth-order valence-corrected chi connectivity index (χ4v) is 5.08. The Bertz CT molecular complexity index is 1710. The van der Waals surface area contributed by atoms with Crippen LogP contribution in [-0.2, 0) is 16.1 Å². The molecule has 40 heavy (non-hydrogen) atoms. The van der Waals surface area contributed by atoms with Gasteiger partial charge in [0.25, 0.3) is 5.91 Å². The Labute approximate surface area is 230 Å². The molecule has 1 saturated carbocycles. The quantitative estimate of drug-likeness (QED) is 0.290. The van der Waals surface area contributed by atoms with Crippen molar-refractivity contribution in [3.63, 3.8) is 0 Å². The fraction of sp³-hybridized carbons (Fsp3) is 0.267. The average molecular weight is 536 g/mol. The van der Waals surface area contributed by atoms with Gasteiger partial charge in [0.1, 0.15) is 0 Å². The second-order valence-corrected chi connectivity index (χ2v) is 10.3. The number of pyridine rings is 1. The van der Waals surface area contributed by atoms with Gasteiger partial charge in [0, 0.05) is 54.5 Å². The van der Waals surface area contributed by atoms with Crippen LogP contribution < -0.4 is 15.5 Å². The van der Waals surface area contributed by atoms with Gasteiger partial charge in [0.15, 0.2) is 5.65 Å². The number of amides is 2. The second-order valence-electron chi connectivity index (χ2n) is 10.3. The number of hydrogen-bond acceptors (Lipinski definition) is 6. The third kappa shape index (κ3) is 4.89. The van der Waals surface area contributed by atoms with Crippen molar-refractivity contribution >= 4 is 40.0 Å². The average Bonchev–Trinajstić information content (AvgIpc) is 3.64. The second kappa shape index (κ2) is 10.1. The van der Waals surface area contributed by atoms with Crippen molar-refractivity contribution in [3.05, 3.63) is 78.1 Å².